The third kappa shape index (κ3) is 2.83. The van der Waals surface area contributed by atoms with Crippen molar-refractivity contribution in [1.29, 1.82) is 0 Å². The highest BCUT2D eigenvalue weighted by molar-refractivity contribution is 9.10. The lowest BCUT2D eigenvalue weighted by molar-refractivity contribution is 0.496. The topological polar surface area (TPSA) is 0 Å². The Labute approximate surface area is 128 Å². The molecule has 1 atom stereocenters. The van der Waals surface area contributed by atoms with Gasteiger partial charge in [0.1, 0.15) is 0 Å². The van der Waals surface area contributed by atoms with E-state index >= 15 is 0 Å². The Balaban J connectivity index is 1.93. The second-order valence-electron chi connectivity index (χ2n) is 5.54. The summed E-state index contributed by atoms with van der Waals surface area (Å²) in [6.07, 6.45) is 6.60. The van der Waals surface area contributed by atoms with E-state index in [4.69, 9.17) is 11.6 Å². The quantitative estimate of drug-likeness (QED) is 0.564. The standard InChI is InChI=1S/C17H18BrCl/c18-16-10-9-15(13-7-3-4-8-14(13)16)17(19)11-12-5-1-2-6-12/h3-4,7-10,12,17H,1-2,5-6,11H2. The minimum atomic E-state index is 0.140. The smallest absolute Gasteiger partial charge is 0.0594 e. The predicted molar refractivity (Wildman–Crippen MR) is 86.8 cm³/mol. The molecule has 1 saturated carbocycles. The third-order valence-electron chi connectivity index (χ3n) is 4.26. The molecule has 1 aliphatic rings. The third-order valence-corrected chi connectivity index (χ3v) is 5.36. The molecule has 1 unspecified atom stereocenters. The summed E-state index contributed by atoms with van der Waals surface area (Å²) >= 11 is 10.3. The number of rotatable bonds is 3. The van der Waals surface area contributed by atoms with Crippen molar-refractivity contribution in [2.75, 3.05) is 0 Å². The van der Waals surface area contributed by atoms with Gasteiger partial charge in [-0.1, -0.05) is 71.9 Å². The van der Waals surface area contributed by atoms with E-state index in [0.717, 1.165) is 16.8 Å². The number of halogens is 2. The van der Waals surface area contributed by atoms with Crippen LogP contribution in [-0.2, 0) is 0 Å². The lowest BCUT2D eigenvalue weighted by Gasteiger charge is -2.17. The molecule has 2 aromatic carbocycles. The van der Waals surface area contributed by atoms with Crippen LogP contribution in [0, 0.1) is 5.92 Å². The average Bonchev–Trinajstić information content (AvgIpc) is 2.92. The predicted octanol–water partition coefficient (Wildman–Crippen LogP) is 6.46. The molecule has 0 radical (unpaired) electrons. The van der Waals surface area contributed by atoms with Crippen molar-refractivity contribution in [3.05, 3.63) is 46.4 Å². The SMILES string of the molecule is ClC(CC1CCCC1)c1ccc(Br)c2ccccc12. The summed E-state index contributed by atoms with van der Waals surface area (Å²) in [5.74, 6) is 0.824. The van der Waals surface area contributed by atoms with Gasteiger partial charge < -0.3 is 0 Å². The van der Waals surface area contributed by atoms with E-state index < -0.39 is 0 Å². The molecule has 2 aromatic rings. The fourth-order valence-electron chi connectivity index (χ4n) is 3.22. The molecule has 0 saturated heterocycles. The van der Waals surface area contributed by atoms with Crippen LogP contribution >= 0.6 is 27.5 Å². The first-order valence-electron chi connectivity index (χ1n) is 7.07. The van der Waals surface area contributed by atoms with Crippen molar-refractivity contribution < 1.29 is 0 Å². The van der Waals surface area contributed by atoms with Crippen LogP contribution in [0.1, 0.15) is 43.0 Å². The molecule has 0 amide bonds. The maximum Gasteiger partial charge on any atom is 0.0594 e. The van der Waals surface area contributed by atoms with E-state index in [9.17, 15) is 0 Å². The van der Waals surface area contributed by atoms with E-state index in [2.05, 4.69) is 52.3 Å². The van der Waals surface area contributed by atoms with Gasteiger partial charge in [0.05, 0.1) is 5.38 Å². The minimum Gasteiger partial charge on any atom is -0.118 e. The molecular formula is C17H18BrCl. The van der Waals surface area contributed by atoms with Crippen molar-refractivity contribution in [3.8, 4) is 0 Å². The number of hydrogen-bond donors (Lipinski definition) is 0. The van der Waals surface area contributed by atoms with Gasteiger partial charge in [0, 0.05) is 4.47 Å². The van der Waals surface area contributed by atoms with Crippen molar-refractivity contribution in [3.63, 3.8) is 0 Å². The summed E-state index contributed by atoms with van der Waals surface area (Å²) in [6.45, 7) is 0. The van der Waals surface area contributed by atoms with Crippen molar-refractivity contribution >= 4 is 38.3 Å². The summed E-state index contributed by atoms with van der Waals surface area (Å²) in [5, 5.41) is 2.69. The van der Waals surface area contributed by atoms with E-state index in [1.807, 2.05) is 0 Å². The summed E-state index contributed by atoms with van der Waals surface area (Å²) in [4.78, 5) is 0. The van der Waals surface area contributed by atoms with Gasteiger partial charge >= 0.3 is 0 Å². The van der Waals surface area contributed by atoms with Gasteiger partial charge in [0.25, 0.3) is 0 Å². The van der Waals surface area contributed by atoms with Crippen LogP contribution in [0.15, 0.2) is 40.9 Å². The van der Waals surface area contributed by atoms with Crippen LogP contribution in [0.5, 0.6) is 0 Å². The normalized spacial score (nSPS) is 18.0. The lowest BCUT2D eigenvalue weighted by Crippen LogP contribution is -2.00. The van der Waals surface area contributed by atoms with Crippen molar-refractivity contribution in [1.82, 2.24) is 0 Å². The van der Waals surface area contributed by atoms with E-state index in [-0.39, 0.29) is 5.38 Å². The van der Waals surface area contributed by atoms with Gasteiger partial charge in [0.15, 0.2) is 0 Å². The summed E-state index contributed by atoms with van der Waals surface area (Å²) in [6, 6.07) is 12.8. The summed E-state index contributed by atoms with van der Waals surface area (Å²) in [7, 11) is 0. The molecule has 0 heterocycles. The molecule has 0 N–H and O–H groups in total. The van der Waals surface area contributed by atoms with Gasteiger partial charge in [-0.3, -0.25) is 0 Å². The first-order valence-corrected chi connectivity index (χ1v) is 8.30. The maximum atomic E-state index is 6.70. The number of hydrogen-bond acceptors (Lipinski definition) is 0. The van der Waals surface area contributed by atoms with Crippen LogP contribution in [0.25, 0.3) is 10.8 Å². The lowest BCUT2D eigenvalue weighted by atomic mass is 9.94. The Morgan fingerprint density at radius 1 is 1.05 bits per heavy atom. The molecule has 0 aliphatic heterocycles. The molecule has 1 fully saturated rings. The Kier molecular flexibility index (Phi) is 4.14. The van der Waals surface area contributed by atoms with Gasteiger partial charge in [-0.2, -0.15) is 0 Å². The van der Waals surface area contributed by atoms with Crippen LogP contribution in [-0.4, -0.2) is 0 Å². The van der Waals surface area contributed by atoms with Crippen molar-refractivity contribution in [2.45, 2.75) is 37.5 Å². The highest BCUT2D eigenvalue weighted by Gasteiger charge is 2.21. The minimum absolute atomic E-state index is 0.140. The largest absolute Gasteiger partial charge is 0.118 e. The monoisotopic (exact) mass is 336 g/mol. The Morgan fingerprint density at radius 2 is 1.74 bits per heavy atom. The fourth-order valence-corrected chi connectivity index (χ4v) is 4.14. The molecule has 19 heavy (non-hydrogen) atoms. The van der Waals surface area contributed by atoms with Crippen LogP contribution in [0.3, 0.4) is 0 Å². The molecule has 3 rings (SSSR count). The average molecular weight is 338 g/mol. The van der Waals surface area contributed by atoms with Gasteiger partial charge in [-0.15, -0.1) is 11.6 Å². The fraction of sp³-hybridized carbons (Fsp3) is 0.412. The molecule has 100 valence electrons. The van der Waals surface area contributed by atoms with E-state index in [1.165, 1.54) is 42.0 Å². The molecule has 2 heteroatoms. The first-order chi connectivity index (χ1) is 9.25. The van der Waals surface area contributed by atoms with Crippen LogP contribution in [0.4, 0.5) is 0 Å². The van der Waals surface area contributed by atoms with Crippen LogP contribution in [0.2, 0.25) is 0 Å². The van der Waals surface area contributed by atoms with Crippen molar-refractivity contribution in [2.24, 2.45) is 5.92 Å². The second kappa shape index (κ2) is 5.85. The summed E-state index contributed by atoms with van der Waals surface area (Å²) in [5.41, 5.74) is 1.28. The molecule has 0 bridgehead atoms. The Hall–Kier alpha value is -0.530. The molecule has 0 nitrogen and oxygen atoms in total. The molecule has 0 spiro atoms. The van der Waals surface area contributed by atoms with Gasteiger partial charge in [0.2, 0.25) is 0 Å². The van der Waals surface area contributed by atoms with Gasteiger partial charge in [-0.25, -0.2) is 0 Å². The summed E-state index contributed by atoms with van der Waals surface area (Å²) < 4.78 is 1.15. The second-order valence-corrected chi connectivity index (χ2v) is 6.92. The zero-order valence-electron chi connectivity index (χ0n) is 10.9. The Morgan fingerprint density at radius 3 is 2.47 bits per heavy atom. The number of benzene rings is 2. The maximum absolute atomic E-state index is 6.70. The van der Waals surface area contributed by atoms with Gasteiger partial charge in [-0.05, 0) is 34.7 Å². The number of fused-ring (bicyclic) bond motifs is 1. The zero-order chi connectivity index (χ0) is 13.2. The molecular weight excluding hydrogens is 320 g/mol. The molecule has 0 aromatic heterocycles. The van der Waals surface area contributed by atoms with Crippen LogP contribution < -0.4 is 0 Å². The first kappa shape index (κ1) is 13.5. The molecule has 1 aliphatic carbocycles. The van der Waals surface area contributed by atoms with E-state index in [1.54, 1.807) is 0 Å². The highest BCUT2D eigenvalue weighted by Crippen LogP contribution is 2.39. The van der Waals surface area contributed by atoms with E-state index in [0.29, 0.717) is 0 Å². The Bertz CT molecular complexity index is 572. The number of alkyl halides is 1. The highest BCUT2D eigenvalue weighted by atomic mass is 79.9. The zero-order valence-corrected chi connectivity index (χ0v) is 13.3.